The van der Waals surface area contributed by atoms with E-state index in [1.807, 2.05) is 0 Å². The largest absolute Gasteiger partial charge is 0.384 e. The number of hydrogen-bond donors (Lipinski definition) is 1. The average molecular weight is 204 g/mol. The minimum atomic E-state index is 1.06. The van der Waals surface area contributed by atoms with Gasteiger partial charge in [-0.2, -0.15) is 0 Å². The van der Waals surface area contributed by atoms with E-state index in [0.717, 1.165) is 13.1 Å². The Morgan fingerprint density at radius 2 is 2.27 bits per heavy atom. The second-order valence-electron chi connectivity index (χ2n) is 4.41. The Morgan fingerprint density at radius 3 is 3.07 bits per heavy atom. The lowest BCUT2D eigenvalue weighted by atomic mass is 10.1. The second-order valence-corrected chi connectivity index (χ2v) is 4.41. The molecule has 2 nitrogen and oxygen atoms in total. The third-order valence-electron chi connectivity index (χ3n) is 2.94. The van der Waals surface area contributed by atoms with Crippen molar-refractivity contribution in [3.05, 3.63) is 29.3 Å². The molecule has 1 aliphatic rings. The fraction of sp³-hybridized carbons (Fsp3) is 0.538. The molecule has 1 aromatic rings. The van der Waals surface area contributed by atoms with Gasteiger partial charge in [0.25, 0.3) is 0 Å². The highest BCUT2D eigenvalue weighted by Crippen LogP contribution is 2.23. The second kappa shape index (κ2) is 4.67. The fourth-order valence-electron chi connectivity index (χ4n) is 2.21. The van der Waals surface area contributed by atoms with E-state index in [1.165, 1.54) is 36.2 Å². The molecule has 0 spiro atoms. The maximum Gasteiger partial charge on any atom is 0.0376 e. The molecule has 0 amide bonds. The van der Waals surface area contributed by atoms with Gasteiger partial charge < -0.3 is 10.2 Å². The molecule has 82 valence electrons. The van der Waals surface area contributed by atoms with Crippen molar-refractivity contribution >= 4 is 5.69 Å². The van der Waals surface area contributed by atoms with Gasteiger partial charge in [-0.05, 0) is 43.6 Å². The molecular formula is C13H20N2. The molecule has 2 heteroatoms. The van der Waals surface area contributed by atoms with Gasteiger partial charge in [-0.1, -0.05) is 19.1 Å². The summed E-state index contributed by atoms with van der Waals surface area (Å²) in [6.07, 6.45) is 2.40. The molecule has 0 fully saturated rings. The first kappa shape index (κ1) is 10.5. The molecule has 15 heavy (non-hydrogen) atoms. The molecule has 0 unspecified atom stereocenters. The van der Waals surface area contributed by atoms with Crippen LogP contribution in [0.4, 0.5) is 5.69 Å². The molecule has 1 N–H and O–H groups in total. The standard InChI is InChI=1S/C13H20N2/c1-3-8-15(2)10-11-4-5-12-6-7-14-13(12)9-11/h4-5,9,14H,3,6-8,10H2,1-2H3. The van der Waals surface area contributed by atoms with Gasteiger partial charge in [0, 0.05) is 18.8 Å². The predicted octanol–water partition coefficient (Wildman–Crippen LogP) is 2.50. The van der Waals surface area contributed by atoms with Gasteiger partial charge >= 0.3 is 0 Å². The molecule has 1 aliphatic heterocycles. The van der Waals surface area contributed by atoms with Crippen LogP contribution in [0.2, 0.25) is 0 Å². The van der Waals surface area contributed by atoms with E-state index in [4.69, 9.17) is 0 Å². The lowest BCUT2D eigenvalue weighted by molar-refractivity contribution is 0.327. The highest BCUT2D eigenvalue weighted by molar-refractivity contribution is 5.56. The molecule has 0 bridgehead atoms. The summed E-state index contributed by atoms with van der Waals surface area (Å²) in [5.74, 6) is 0. The average Bonchev–Trinajstić information content (AvgIpc) is 2.65. The van der Waals surface area contributed by atoms with Gasteiger partial charge in [-0.3, -0.25) is 0 Å². The van der Waals surface area contributed by atoms with Crippen molar-refractivity contribution in [3.63, 3.8) is 0 Å². The third kappa shape index (κ3) is 2.51. The van der Waals surface area contributed by atoms with Crippen LogP contribution in [0.15, 0.2) is 18.2 Å². The highest BCUT2D eigenvalue weighted by Gasteiger charge is 2.10. The first-order valence-electron chi connectivity index (χ1n) is 5.84. The summed E-state index contributed by atoms with van der Waals surface area (Å²) in [7, 11) is 2.18. The van der Waals surface area contributed by atoms with Gasteiger partial charge in [-0.15, -0.1) is 0 Å². The summed E-state index contributed by atoms with van der Waals surface area (Å²) in [5, 5.41) is 3.43. The third-order valence-corrected chi connectivity index (χ3v) is 2.94. The Labute approximate surface area is 92.3 Å². The van der Waals surface area contributed by atoms with Crippen molar-refractivity contribution in [2.24, 2.45) is 0 Å². The SMILES string of the molecule is CCCN(C)Cc1ccc2c(c1)NCC2. The number of nitrogens with one attached hydrogen (secondary N) is 1. The first-order chi connectivity index (χ1) is 7.29. The monoisotopic (exact) mass is 204 g/mol. The molecule has 2 rings (SSSR count). The van der Waals surface area contributed by atoms with E-state index in [-0.39, 0.29) is 0 Å². The molecule has 0 saturated carbocycles. The van der Waals surface area contributed by atoms with Crippen molar-refractivity contribution in [1.29, 1.82) is 0 Å². The lowest BCUT2D eigenvalue weighted by Gasteiger charge is -2.16. The van der Waals surface area contributed by atoms with Crippen LogP contribution in [0.25, 0.3) is 0 Å². The van der Waals surface area contributed by atoms with E-state index in [0.29, 0.717) is 0 Å². The van der Waals surface area contributed by atoms with Crippen molar-refractivity contribution < 1.29 is 0 Å². The topological polar surface area (TPSA) is 15.3 Å². The van der Waals surface area contributed by atoms with E-state index in [9.17, 15) is 0 Å². The number of fused-ring (bicyclic) bond motifs is 1. The van der Waals surface area contributed by atoms with E-state index in [1.54, 1.807) is 0 Å². The van der Waals surface area contributed by atoms with E-state index >= 15 is 0 Å². The summed E-state index contributed by atoms with van der Waals surface area (Å²) in [4.78, 5) is 2.37. The molecule has 0 radical (unpaired) electrons. The zero-order chi connectivity index (χ0) is 10.7. The van der Waals surface area contributed by atoms with Crippen LogP contribution >= 0.6 is 0 Å². The van der Waals surface area contributed by atoms with Crippen LogP contribution in [0.1, 0.15) is 24.5 Å². The van der Waals surface area contributed by atoms with E-state index in [2.05, 4.69) is 42.4 Å². The van der Waals surface area contributed by atoms with Crippen molar-refractivity contribution in [3.8, 4) is 0 Å². The number of anilines is 1. The highest BCUT2D eigenvalue weighted by atomic mass is 15.1. The zero-order valence-electron chi connectivity index (χ0n) is 9.71. The molecule has 0 aromatic heterocycles. The molecule has 1 aromatic carbocycles. The number of nitrogens with zero attached hydrogens (tertiary/aromatic N) is 1. The Kier molecular flexibility index (Phi) is 3.27. The minimum Gasteiger partial charge on any atom is -0.384 e. The van der Waals surface area contributed by atoms with E-state index < -0.39 is 0 Å². The van der Waals surface area contributed by atoms with Crippen LogP contribution in [0.5, 0.6) is 0 Å². The summed E-state index contributed by atoms with van der Waals surface area (Å²) in [6.45, 7) is 5.55. The fourth-order valence-corrected chi connectivity index (χ4v) is 2.21. The Bertz CT molecular complexity index is 333. The van der Waals surface area contributed by atoms with Gasteiger partial charge in [0.1, 0.15) is 0 Å². The Balaban J connectivity index is 2.03. The van der Waals surface area contributed by atoms with Crippen LogP contribution in [-0.2, 0) is 13.0 Å². The normalized spacial score (nSPS) is 14.1. The van der Waals surface area contributed by atoms with Crippen molar-refractivity contribution in [2.75, 3.05) is 25.5 Å². The molecule has 0 saturated heterocycles. The summed E-state index contributed by atoms with van der Waals surface area (Å²) < 4.78 is 0. The number of benzene rings is 1. The van der Waals surface area contributed by atoms with Gasteiger partial charge in [-0.25, -0.2) is 0 Å². The van der Waals surface area contributed by atoms with Crippen LogP contribution in [-0.4, -0.2) is 25.0 Å². The zero-order valence-corrected chi connectivity index (χ0v) is 9.71. The Hall–Kier alpha value is -1.02. The molecule has 0 atom stereocenters. The molecular weight excluding hydrogens is 184 g/mol. The smallest absolute Gasteiger partial charge is 0.0376 e. The lowest BCUT2D eigenvalue weighted by Crippen LogP contribution is -2.18. The van der Waals surface area contributed by atoms with Gasteiger partial charge in [0.2, 0.25) is 0 Å². The maximum absolute atomic E-state index is 3.43. The summed E-state index contributed by atoms with van der Waals surface area (Å²) >= 11 is 0. The first-order valence-corrected chi connectivity index (χ1v) is 5.84. The molecule has 1 heterocycles. The van der Waals surface area contributed by atoms with Gasteiger partial charge in [0.05, 0.1) is 0 Å². The van der Waals surface area contributed by atoms with Crippen molar-refractivity contribution in [1.82, 2.24) is 4.90 Å². The Morgan fingerprint density at radius 1 is 1.40 bits per heavy atom. The van der Waals surface area contributed by atoms with Crippen molar-refractivity contribution in [2.45, 2.75) is 26.3 Å². The summed E-state index contributed by atoms with van der Waals surface area (Å²) in [6, 6.07) is 6.83. The maximum atomic E-state index is 3.43. The van der Waals surface area contributed by atoms with Gasteiger partial charge in [0.15, 0.2) is 0 Å². The minimum absolute atomic E-state index is 1.06. The van der Waals surface area contributed by atoms with Crippen LogP contribution in [0.3, 0.4) is 0 Å². The number of rotatable bonds is 4. The summed E-state index contributed by atoms with van der Waals surface area (Å²) in [5.41, 5.74) is 4.23. The predicted molar refractivity (Wildman–Crippen MR) is 65.3 cm³/mol. The molecule has 0 aliphatic carbocycles. The quantitative estimate of drug-likeness (QED) is 0.810. The van der Waals surface area contributed by atoms with Crippen LogP contribution in [0, 0.1) is 0 Å². The van der Waals surface area contributed by atoms with Crippen LogP contribution < -0.4 is 5.32 Å². The number of hydrogen-bond acceptors (Lipinski definition) is 2.